The summed E-state index contributed by atoms with van der Waals surface area (Å²) in [7, 11) is 0. The zero-order chi connectivity index (χ0) is 26.4. The van der Waals surface area contributed by atoms with Gasteiger partial charge >= 0.3 is 6.18 Å². The van der Waals surface area contributed by atoms with Crippen LogP contribution in [-0.4, -0.2) is 39.4 Å². The first-order chi connectivity index (χ1) is 17.5. The number of alkyl halides is 3. The van der Waals surface area contributed by atoms with Gasteiger partial charge in [0.1, 0.15) is 0 Å². The van der Waals surface area contributed by atoms with Gasteiger partial charge in [0.2, 0.25) is 11.8 Å². The summed E-state index contributed by atoms with van der Waals surface area (Å²) >= 11 is 0. The molecule has 3 atom stereocenters. The van der Waals surface area contributed by atoms with Crippen molar-refractivity contribution in [2.45, 2.75) is 62.9 Å². The number of nitrogens with zero attached hydrogens (tertiary/aromatic N) is 2. The van der Waals surface area contributed by atoms with Gasteiger partial charge in [0, 0.05) is 37.1 Å². The first-order valence-electron chi connectivity index (χ1n) is 12.4. The summed E-state index contributed by atoms with van der Waals surface area (Å²) < 4.78 is 38.6. The number of aromatic nitrogens is 1. The number of pyridine rings is 1. The highest BCUT2D eigenvalue weighted by Crippen LogP contribution is 2.38. The van der Waals surface area contributed by atoms with Crippen LogP contribution in [0, 0.1) is 0 Å². The highest BCUT2D eigenvalue weighted by atomic mass is 19.4. The Morgan fingerprint density at radius 3 is 2.57 bits per heavy atom. The summed E-state index contributed by atoms with van der Waals surface area (Å²) in [6, 6.07) is 12.8. The fourth-order valence-corrected chi connectivity index (χ4v) is 5.44. The SMILES string of the molecule is CC1CC(O)(c2ccc3ncc(C4CCC(=O)NC4=O)cc3c2)CCN1Cc1ccc(C(F)(F)F)cc1. The number of amides is 2. The Morgan fingerprint density at radius 2 is 1.89 bits per heavy atom. The molecule has 9 heteroatoms. The van der Waals surface area contributed by atoms with E-state index in [9.17, 15) is 27.9 Å². The third-order valence-electron chi connectivity index (χ3n) is 7.62. The number of aliphatic hydroxyl groups is 1. The Morgan fingerprint density at radius 1 is 1.14 bits per heavy atom. The number of benzene rings is 2. The molecule has 0 bridgehead atoms. The van der Waals surface area contributed by atoms with Gasteiger partial charge in [-0.05, 0) is 73.2 Å². The number of nitrogens with one attached hydrogen (secondary N) is 1. The minimum Gasteiger partial charge on any atom is -0.385 e. The Labute approximate surface area is 212 Å². The molecule has 6 nitrogen and oxygen atoms in total. The zero-order valence-electron chi connectivity index (χ0n) is 20.4. The van der Waals surface area contributed by atoms with E-state index in [1.165, 1.54) is 12.1 Å². The highest BCUT2D eigenvalue weighted by molar-refractivity contribution is 6.01. The van der Waals surface area contributed by atoms with Gasteiger partial charge in [-0.25, -0.2) is 0 Å². The smallest absolute Gasteiger partial charge is 0.385 e. The summed E-state index contributed by atoms with van der Waals surface area (Å²) in [4.78, 5) is 30.5. The second-order valence-corrected chi connectivity index (χ2v) is 10.2. The van der Waals surface area contributed by atoms with Crippen LogP contribution in [-0.2, 0) is 27.9 Å². The number of halogens is 3. The molecule has 0 spiro atoms. The largest absolute Gasteiger partial charge is 0.416 e. The normalized spacial score (nSPS) is 25.3. The van der Waals surface area contributed by atoms with E-state index in [0.29, 0.717) is 32.4 Å². The summed E-state index contributed by atoms with van der Waals surface area (Å²) in [5, 5.41) is 14.8. The average Bonchev–Trinajstić information content (AvgIpc) is 2.85. The van der Waals surface area contributed by atoms with Crippen molar-refractivity contribution in [1.82, 2.24) is 15.2 Å². The molecule has 2 aliphatic heterocycles. The molecule has 2 aliphatic rings. The maximum Gasteiger partial charge on any atom is 0.416 e. The number of carbonyl (C=O) groups is 2. The molecule has 0 radical (unpaired) electrons. The van der Waals surface area contributed by atoms with E-state index in [-0.39, 0.29) is 24.3 Å². The van der Waals surface area contributed by atoms with Crippen molar-refractivity contribution in [3.63, 3.8) is 0 Å². The van der Waals surface area contributed by atoms with Gasteiger partial charge in [0.15, 0.2) is 0 Å². The fourth-order valence-electron chi connectivity index (χ4n) is 5.44. The predicted octanol–water partition coefficient (Wildman–Crippen LogP) is 4.65. The second kappa shape index (κ2) is 9.54. The number of piperidine rings is 2. The minimum absolute atomic E-state index is 0.00432. The van der Waals surface area contributed by atoms with Crippen LogP contribution in [0.2, 0.25) is 0 Å². The highest BCUT2D eigenvalue weighted by Gasteiger charge is 2.38. The number of likely N-dealkylation sites (tertiary alicyclic amines) is 1. The van der Waals surface area contributed by atoms with Crippen LogP contribution in [0.15, 0.2) is 54.7 Å². The topological polar surface area (TPSA) is 82.5 Å². The van der Waals surface area contributed by atoms with E-state index in [1.807, 2.05) is 31.2 Å². The Kier molecular flexibility index (Phi) is 6.53. The third kappa shape index (κ3) is 5.24. The molecule has 0 aliphatic carbocycles. The number of rotatable bonds is 4. The number of imide groups is 1. The molecule has 2 N–H and O–H groups in total. The van der Waals surface area contributed by atoms with Gasteiger partial charge < -0.3 is 5.11 Å². The van der Waals surface area contributed by atoms with Crippen LogP contribution < -0.4 is 5.32 Å². The Bertz CT molecular complexity index is 1340. The zero-order valence-corrected chi connectivity index (χ0v) is 20.4. The van der Waals surface area contributed by atoms with Gasteiger partial charge in [-0.1, -0.05) is 18.2 Å². The van der Waals surface area contributed by atoms with Crippen molar-refractivity contribution in [2.24, 2.45) is 0 Å². The van der Waals surface area contributed by atoms with Crippen molar-refractivity contribution >= 4 is 22.7 Å². The molecule has 3 unspecified atom stereocenters. The van der Waals surface area contributed by atoms with Gasteiger partial charge in [-0.15, -0.1) is 0 Å². The second-order valence-electron chi connectivity index (χ2n) is 10.2. The molecular formula is C28H28F3N3O3. The number of fused-ring (bicyclic) bond motifs is 1. The molecule has 2 fully saturated rings. The van der Waals surface area contributed by atoms with Gasteiger partial charge in [-0.3, -0.25) is 24.8 Å². The van der Waals surface area contributed by atoms with Crippen molar-refractivity contribution in [1.29, 1.82) is 0 Å². The molecule has 3 heterocycles. The van der Waals surface area contributed by atoms with E-state index >= 15 is 0 Å². The Hall–Kier alpha value is -3.30. The molecular weight excluding hydrogens is 483 g/mol. The van der Waals surface area contributed by atoms with Crippen molar-refractivity contribution in [2.75, 3.05) is 6.54 Å². The van der Waals surface area contributed by atoms with Crippen LogP contribution in [0.1, 0.15) is 60.8 Å². The number of hydrogen-bond donors (Lipinski definition) is 2. The molecule has 0 saturated carbocycles. The monoisotopic (exact) mass is 511 g/mol. The Balaban J connectivity index is 1.31. The molecule has 37 heavy (non-hydrogen) atoms. The molecule has 3 aromatic rings. The number of carbonyl (C=O) groups excluding carboxylic acids is 2. The predicted molar refractivity (Wildman–Crippen MR) is 131 cm³/mol. The van der Waals surface area contributed by atoms with Crippen LogP contribution >= 0.6 is 0 Å². The van der Waals surface area contributed by atoms with E-state index in [1.54, 1.807) is 6.20 Å². The quantitative estimate of drug-likeness (QED) is 0.499. The lowest BCUT2D eigenvalue weighted by Gasteiger charge is -2.43. The van der Waals surface area contributed by atoms with Crippen LogP contribution in [0.25, 0.3) is 10.9 Å². The standard InChI is InChI=1S/C28H28F3N3O3/c1-17-14-27(37,10-11-34(17)16-18-2-4-21(5-3-18)28(29,30)31)22-6-8-24-19(13-22)12-20(15-32-24)23-7-9-25(35)33-26(23)36/h2-6,8,12-13,15,17,23,37H,7,9-11,14,16H2,1H3,(H,33,35,36). The summed E-state index contributed by atoms with van der Waals surface area (Å²) in [6.07, 6.45) is -1.02. The van der Waals surface area contributed by atoms with E-state index < -0.39 is 23.3 Å². The number of hydrogen-bond acceptors (Lipinski definition) is 5. The van der Waals surface area contributed by atoms with Gasteiger partial charge in [-0.2, -0.15) is 13.2 Å². The van der Waals surface area contributed by atoms with Crippen molar-refractivity contribution in [3.8, 4) is 0 Å². The molecule has 194 valence electrons. The van der Waals surface area contributed by atoms with Crippen molar-refractivity contribution in [3.05, 3.63) is 77.0 Å². The lowest BCUT2D eigenvalue weighted by molar-refractivity contribution is -0.138. The van der Waals surface area contributed by atoms with Crippen molar-refractivity contribution < 1.29 is 27.9 Å². The van der Waals surface area contributed by atoms with Crippen LogP contribution in [0.4, 0.5) is 13.2 Å². The fraction of sp³-hybridized carbons (Fsp3) is 0.393. The maximum absolute atomic E-state index is 12.9. The lowest BCUT2D eigenvalue weighted by Crippen LogP contribution is -2.47. The molecule has 2 saturated heterocycles. The molecule has 5 rings (SSSR count). The third-order valence-corrected chi connectivity index (χ3v) is 7.62. The molecule has 2 aromatic carbocycles. The van der Waals surface area contributed by atoms with Crippen LogP contribution in [0.3, 0.4) is 0 Å². The van der Waals surface area contributed by atoms with E-state index in [2.05, 4.69) is 15.2 Å². The summed E-state index contributed by atoms with van der Waals surface area (Å²) in [5.41, 5.74) is 1.32. The lowest BCUT2D eigenvalue weighted by atomic mass is 9.80. The average molecular weight is 512 g/mol. The summed E-state index contributed by atoms with van der Waals surface area (Å²) in [6.45, 7) is 3.11. The summed E-state index contributed by atoms with van der Waals surface area (Å²) in [5.74, 6) is -1.02. The van der Waals surface area contributed by atoms with E-state index in [4.69, 9.17) is 0 Å². The maximum atomic E-state index is 12.9. The van der Waals surface area contributed by atoms with Gasteiger partial charge in [0.05, 0.1) is 22.6 Å². The van der Waals surface area contributed by atoms with Crippen LogP contribution in [0.5, 0.6) is 0 Å². The first-order valence-corrected chi connectivity index (χ1v) is 12.4. The molecule has 1 aromatic heterocycles. The minimum atomic E-state index is -4.36. The van der Waals surface area contributed by atoms with E-state index in [0.717, 1.165) is 39.7 Å². The first kappa shape index (κ1) is 25.4. The van der Waals surface area contributed by atoms with Gasteiger partial charge in [0.25, 0.3) is 0 Å². The molecule has 2 amide bonds.